The lowest BCUT2D eigenvalue weighted by Crippen LogP contribution is -2.52. The largest absolute Gasteiger partial charge is 0.394 e. The highest BCUT2D eigenvalue weighted by molar-refractivity contribution is 5.92. The summed E-state index contributed by atoms with van der Waals surface area (Å²) in [4.78, 5) is 16.0. The molecule has 0 saturated heterocycles. The average Bonchev–Trinajstić information content (AvgIpc) is 2.77. The first kappa shape index (κ1) is 12.1. The quantitative estimate of drug-likeness (QED) is 0.818. The summed E-state index contributed by atoms with van der Waals surface area (Å²) in [6.45, 7) is 0.00553. The summed E-state index contributed by atoms with van der Waals surface area (Å²) in [5.74, 6) is -0.193. The number of rotatable bonds is 3. The Morgan fingerprint density at radius 1 is 1.53 bits per heavy atom. The van der Waals surface area contributed by atoms with Crippen LogP contribution in [0.3, 0.4) is 0 Å². The lowest BCUT2D eigenvalue weighted by Gasteiger charge is -2.36. The van der Waals surface area contributed by atoms with Gasteiger partial charge in [-0.25, -0.2) is 4.98 Å². The van der Waals surface area contributed by atoms with Crippen molar-refractivity contribution in [2.75, 3.05) is 6.61 Å². The minimum atomic E-state index is -0.438. The fourth-order valence-electron chi connectivity index (χ4n) is 2.39. The Morgan fingerprint density at radius 2 is 2.24 bits per heavy atom. The molecule has 94 valence electrons. The number of aromatic nitrogens is 2. The number of aliphatic hydroxyl groups excluding tert-OH is 1. The molecule has 1 aliphatic carbocycles. The molecule has 1 fully saturated rings. The number of hydrogen-bond donors (Lipinski definition) is 2. The van der Waals surface area contributed by atoms with Gasteiger partial charge in [-0.3, -0.25) is 4.79 Å². The molecule has 0 radical (unpaired) electrons. The molecule has 1 saturated carbocycles. The molecule has 0 unspecified atom stereocenters. The third kappa shape index (κ3) is 2.66. The Morgan fingerprint density at radius 3 is 2.76 bits per heavy atom. The average molecular weight is 237 g/mol. The number of nitrogens with zero attached hydrogens (tertiary/aromatic N) is 2. The number of hydrogen-bond acceptors (Lipinski definition) is 3. The van der Waals surface area contributed by atoms with Gasteiger partial charge in [0.15, 0.2) is 0 Å². The van der Waals surface area contributed by atoms with Gasteiger partial charge >= 0.3 is 0 Å². The molecule has 5 nitrogen and oxygen atoms in total. The summed E-state index contributed by atoms with van der Waals surface area (Å²) in [6.07, 6.45) is 8.28. The first-order valence-electron chi connectivity index (χ1n) is 6.07. The zero-order valence-electron chi connectivity index (χ0n) is 10.1. The van der Waals surface area contributed by atoms with Crippen molar-refractivity contribution in [3.8, 4) is 0 Å². The summed E-state index contributed by atoms with van der Waals surface area (Å²) >= 11 is 0. The summed E-state index contributed by atoms with van der Waals surface area (Å²) < 4.78 is 1.74. The normalized spacial score (nSPS) is 18.9. The molecule has 0 aliphatic heterocycles. The van der Waals surface area contributed by atoms with Crippen LogP contribution in [0.4, 0.5) is 0 Å². The van der Waals surface area contributed by atoms with E-state index in [0.29, 0.717) is 5.69 Å². The molecule has 1 amide bonds. The number of nitrogens with one attached hydrogen (secondary N) is 1. The Bertz CT molecular complexity index is 394. The van der Waals surface area contributed by atoms with Crippen molar-refractivity contribution in [1.29, 1.82) is 0 Å². The molecule has 2 N–H and O–H groups in total. The van der Waals surface area contributed by atoms with E-state index < -0.39 is 5.54 Å². The van der Waals surface area contributed by atoms with E-state index in [9.17, 15) is 9.90 Å². The number of carbonyl (C=O) groups excluding carboxylic acids is 1. The molecule has 2 rings (SSSR count). The van der Waals surface area contributed by atoms with Gasteiger partial charge in [-0.15, -0.1) is 0 Å². The van der Waals surface area contributed by atoms with E-state index in [4.69, 9.17) is 0 Å². The minimum Gasteiger partial charge on any atom is -0.394 e. The minimum absolute atomic E-state index is 0.00553. The number of aliphatic hydroxyl groups is 1. The van der Waals surface area contributed by atoms with Gasteiger partial charge in [-0.2, -0.15) is 0 Å². The van der Waals surface area contributed by atoms with E-state index in [1.54, 1.807) is 17.1 Å². The predicted octanol–water partition coefficient (Wildman–Crippen LogP) is 0.845. The van der Waals surface area contributed by atoms with Crippen LogP contribution in [-0.4, -0.2) is 32.7 Å². The Balaban J connectivity index is 2.05. The molecule has 1 aromatic rings. The van der Waals surface area contributed by atoms with Gasteiger partial charge in [0.25, 0.3) is 5.91 Å². The van der Waals surface area contributed by atoms with Gasteiger partial charge in [-0.05, 0) is 12.8 Å². The number of aryl methyl sites for hydroxylation is 1. The van der Waals surface area contributed by atoms with Crippen LogP contribution in [-0.2, 0) is 7.05 Å². The fraction of sp³-hybridized carbons (Fsp3) is 0.667. The maximum absolute atomic E-state index is 12.0. The smallest absolute Gasteiger partial charge is 0.271 e. The first-order valence-corrected chi connectivity index (χ1v) is 6.07. The summed E-state index contributed by atoms with van der Waals surface area (Å²) in [7, 11) is 1.83. The molecule has 1 aliphatic rings. The molecular formula is C12H19N3O2. The molecule has 0 aromatic carbocycles. The maximum Gasteiger partial charge on any atom is 0.271 e. The van der Waals surface area contributed by atoms with Crippen LogP contribution in [0, 0.1) is 0 Å². The molecule has 5 heteroatoms. The van der Waals surface area contributed by atoms with Crippen LogP contribution in [0.15, 0.2) is 12.5 Å². The van der Waals surface area contributed by atoms with Crippen LogP contribution in [0.5, 0.6) is 0 Å². The zero-order valence-corrected chi connectivity index (χ0v) is 10.1. The van der Waals surface area contributed by atoms with Gasteiger partial charge in [0.05, 0.1) is 18.5 Å². The Hall–Kier alpha value is -1.36. The van der Waals surface area contributed by atoms with Crippen molar-refractivity contribution >= 4 is 5.91 Å². The summed E-state index contributed by atoms with van der Waals surface area (Å²) in [5, 5.41) is 12.4. The highest BCUT2D eigenvalue weighted by Gasteiger charge is 2.33. The molecule has 0 atom stereocenters. The zero-order chi connectivity index (χ0) is 12.3. The SMILES string of the molecule is Cn1cnc(C(=O)NC2(CO)CCCCC2)c1. The summed E-state index contributed by atoms with van der Waals surface area (Å²) in [6, 6.07) is 0. The third-order valence-electron chi connectivity index (χ3n) is 3.43. The van der Waals surface area contributed by atoms with E-state index in [-0.39, 0.29) is 12.5 Å². The van der Waals surface area contributed by atoms with Gasteiger partial charge in [-0.1, -0.05) is 19.3 Å². The van der Waals surface area contributed by atoms with Crippen molar-refractivity contribution < 1.29 is 9.90 Å². The lowest BCUT2D eigenvalue weighted by molar-refractivity contribution is 0.0754. The lowest BCUT2D eigenvalue weighted by atomic mass is 9.82. The van der Waals surface area contributed by atoms with Crippen molar-refractivity contribution in [3.05, 3.63) is 18.2 Å². The van der Waals surface area contributed by atoms with Crippen molar-refractivity contribution in [2.45, 2.75) is 37.6 Å². The van der Waals surface area contributed by atoms with Crippen molar-refractivity contribution in [3.63, 3.8) is 0 Å². The third-order valence-corrected chi connectivity index (χ3v) is 3.43. The van der Waals surface area contributed by atoms with E-state index in [0.717, 1.165) is 25.7 Å². The highest BCUT2D eigenvalue weighted by Crippen LogP contribution is 2.27. The number of imidazole rings is 1. The molecular weight excluding hydrogens is 218 g/mol. The van der Waals surface area contributed by atoms with Crippen LogP contribution >= 0.6 is 0 Å². The number of carbonyl (C=O) groups is 1. The second kappa shape index (κ2) is 4.87. The molecule has 1 aromatic heterocycles. The van der Waals surface area contributed by atoms with Crippen molar-refractivity contribution in [2.24, 2.45) is 7.05 Å². The van der Waals surface area contributed by atoms with Gasteiger partial charge in [0.1, 0.15) is 5.69 Å². The monoisotopic (exact) mass is 237 g/mol. The second-order valence-electron chi connectivity index (χ2n) is 4.88. The molecule has 0 spiro atoms. The fourth-order valence-corrected chi connectivity index (χ4v) is 2.39. The van der Waals surface area contributed by atoms with Crippen LogP contribution in [0.1, 0.15) is 42.6 Å². The molecule has 1 heterocycles. The summed E-state index contributed by atoms with van der Waals surface area (Å²) in [5.41, 5.74) is -0.0294. The van der Waals surface area contributed by atoms with Gasteiger partial charge in [0, 0.05) is 13.2 Å². The van der Waals surface area contributed by atoms with E-state index in [2.05, 4.69) is 10.3 Å². The Labute approximate surface area is 101 Å². The van der Waals surface area contributed by atoms with E-state index in [1.165, 1.54) is 6.42 Å². The molecule has 17 heavy (non-hydrogen) atoms. The first-order chi connectivity index (χ1) is 8.15. The maximum atomic E-state index is 12.0. The van der Waals surface area contributed by atoms with Crippen molar-refractivity contribution in [1.82, 2.24) is 14.9 Å². The second-order valence-corrected chi connectivity index (χ2v) is 4.88. The van der Waals surface area contributed by atoms with Gasteiger partial charge < -0.3 is 15.0 Å². The van der Waals surface area contributed by atoms with Crippen LogP contribution in [0.25, 0.3) is 0 Å². The van der Waals surface area contributed by atoms with E-state index in [1.807, 2.05) is 7.05 Å². The van der Waals surface area contributed by atoms with Gasteiger partial charge in [0.2, 0.25) is 0 Å². The molecule has 0 bridgehead atoms. The van der Waals surface area contributed by atoms with Crippen LogP contribution in [0.2, 0.25) is 0 Å². The Kier molecular flexibility index (Phi) is 3.47. The standard InChI is InChI=1S/C12H19N3O2/c1-15-7-10(13-9-15)11(17)14-12(8-16)5-3-2-4-6-12/h7,9,16H,2-6,8H2,1H3,(H,14,17). The number of amides is 1. The van der Waals surface area contributed by atoms with Crippen LogP contribution < -0.4 is 5.32 Å². The topological polar surface area (TPSA) is 67.2 Å². The predicted molar refractivity (Wildman–Crippen MR) is 63.6 cm³/mol. The highest BCUT2D eigenvalue weighted by atomic mass is 16.3. The van der Waals surface area contributed by atoms with E-state index >= 15 is 0 Å².